The Morgan fingerprint density at radius 2 is 2.55 bits per heavy atom. The van der Waals surface area contributed by atoms with Gasteiger partial charge in [0.25, 0.3) is 0 Å². The highest BCUT2D eigenvalue weighted by molar-refractivity contribution is 4.93. The molecule has 1 aliphatic rings. The highest BCUT2D eigenvalue weighted by Gasteiger charge is 2.33. The molecule has 2 atom stereocenters. The zero-order chi connectivity index (χ0) is 8.32. The Kier molecular flexibility index (Phi) is 2.34. The average Bonchev–Trinajstić information content (AvgIpc) is 1.94. The van der Waals surface area contributed by atoms with Crippen molar-refractivity contribution in [1.29, 1.82) is 0 Å². The number of azide groups is 1. The van der Waals surface area contributed by atoms with E-state index < -0.39 is 5.60 Å². The molecule has 0 bridgehead atoms. The first-order chi connectivity index (χ1) is 5.17. The Bertz CT molecular complexity index is 185. The van der Waals surface area contributed by atoms with Gasteiger partial charge < -0.3 is 10.4 Å². The van der Waals surface area contributed by atoms with Crippen LogP contribution in [-0.2, 0) is 0 Å². The monoisotopic (exact) mass is 156 g/mol. The van der Waals surface area contributed by atoms with E-state index in [-0.39, 0.29) is 6.04 Å². The number of piperidine rings is 1. The van der Waals surface area contributed by atoms with Gasteiger partial charge in [-0.1, -0.05) is 5.11 Å². The summed E-state index contributed by atoms with van der Waals surface area (Å²) in [5.41, 5.74) is 7.33. The van der Waals surface area contributed by atoms with Crippen molar-refractivity contribution in [2.75, 3.05) is 13.1 Å². The van der Waals surface area contributed by atoms with E-state index in [1.165, 1.54) is 0 Å². The Morgan fingerprint density at radius 3 is 3.09 bits per heavy atom. The lowest BCUT2D eigenvalue weighted by Gasteiger charge is -2.34. The molecule has 2 N–H and O–H groups in total. The maximum absolute atomic E-state index is 9.66. The fraction of sp³-hybridized carbons (Fsp3) is 1.00. The van der Waals surface area contributed by atoms with E-state index in [1.807, 2.05) is 0 Å². The van der Waals surface area contributed by atoms with Gasteiger partial charge in [0.2, 0.25) is 0 Å². The van der Waals surface area contributed by atoms with Crippen molar-refractivity contribution < 1.29 is 5.11 Å². The summed E-state index contributed by atoms with van der Waals surface area (Å²) in [4.78, 5) is 2.68. The minimum absolute atomic E-state index is 0.332. The Hall–Kier alpha value is -0.770. The van der Waals surface area contributed by atoms with Crippen LogP contribution < -0.4 is 5.32 Å². The molecule has 0 radical (unpaired) electrons. The van der Waals surface area contributed by atoms with E-state index in [4.69, 9.17) is 5.53 Å². The van der Waals surface area contributed by atoms with Crippen molar-refractivity contribution in [2.24, 2.45) is 5.11 Å². The topological polar surface area (TPSA) is 81.0 Å². The molecule has 1 rings (SSSR count). The molecule has 62 valence electrons. The molecular weight excluding hydrogens is 144 g/mol. The van der Waals surface area contributed by atoms with Crippen molar-refractivity contribution in [1.82, 2.24) is 5.32 Å². The predicted octanol–water partition coefficient (Wildman–Crippen LogP) is 0.410. The van der Waals surface area contributed by atoms with Crippen LogP contribution in [0.2, 0.25) is 0 Å². The highest BCUT2D eigenvalue weighted by atomic mass is 16.3. The van der Waals surface area contributed by atoms with Crippen molar-refractivity contribution >= 4 is 0 Å². The summed E-state index contributed by atoms with van der Waals surface area (Å²) >= 11 is 0. The Labute approximate surface area is 65.0 Å². The number of hydrogen-bond donors (Lipinski definition) is 2. The molecule has 1 saturated heterocycles. The molecule has 0 aliphatic carbocycles. The molecule has 5 heteroatoms. The number of nitrogens with zero attached hydrogens (tertiary/aromatic N) is 3. The zero-order valence-electron chi connectivity index (χ0n) is 6.49. The first-order valence-electron chi connectivity index (χ1n) is 3.64. The van der Waals surface area contributed by atoms with Gasteiger partial charge in [-0.2, -0.15) is 0 Å². The van der Waals surface area contributed by atoms with Crippen LogP contribution in [0.5, 0.6) is 0 Å². The second kappa shape index (κ2) is 3.09. The molecule has 2 unspecified atom stereocenters. The van der Waals surface area contributed by atoms with Gasteiger partial charge in [-0.25, -0.2) is 0 Å². The molecule has 0 aromatic heterocycles. The molecule has 5 nitrogen and oxygen atoms in total. The molecular formula is C6H12N4O. The van der Waals surface area contributed by atoms with Crippen molar-refractivity contribution in [2.45, 2.75) is 25.0 Å². The zero-order valence-corrected chi connectivity index (χ0v) is 6.49. The molecule has 1 aliphatic heterocycles. The fourth-order valence-electron chi connectivity index (χ4n) is 1.19. The lowest BCUT2D eigenvalue weighted by Crippen LogP contribution is -2.50. The summed E-state index contributed by atoms with van der Waals surface area (Å²) in [7, 11) is 0. The third-order valence-corrected chi connectivity index (χ3v) is 2.05. The van der Waals surface area contributed by atoms with Gasteiger partial charge in [0.05, 0.1) is 11.6 Å². The van der Waals surface area contributed by atoms with Gasteiger partial charge in [-0.05, 0) is 25.4 Å². The van der Waals surface area contributed by atoms with E-state index >= 15 is 0 Å². The summed E-state index contributed by atoms with van der Waals surface area (Å²) in [5, 5.41) is 16.2. The number of nitrogens with one attached hydrogen (secondary N) is 1. The Morgan fingerprint density at radius 1 is 1.82 bits per heavy atom. The first kappa shape index (κ1) is 8.33. The summed E-state index contributed by atoms with van der Waals surface area (Å²) in [6.07, 6.45) is 0.636. The molecule has 0 saturated carbocycles. The minimum Gasteiger partial charge on any atom is -0.390 e. The van der Waals surface area contributed by atoms with Gasteiger partial charge >= 0.3 is 0 Å². The molecule has 0 aromatic carbocycles. The molecule has 0 amide bonds. The van der Waals surface area contributed by atoms with E-state index in [9.17, 15) is 5.11 Å². The lowest BCUT2D eigenvalue weighted by atomic mass is 9.90. The minimum atomic E-state index is -0.836. The van der Waals surface area contributed by atoms with Gasteiger partial charge in [0.15, 0.2) is 0 Å². The first-order valence-corrected chi connectivity index (χ1v) is 3.64. The van der Waals surface area contributed by atoms with Crippen LogP contribution >= 0.6 is 0 Å². The maximum atomic E-state index is 9.66. The summed E-state index contributed by atoms with van der Waals surface area (Å²) in [6.45, 7) is 3.05. The molecule has 0 aromatic rings. The van der Waals surface area contributed by atoms with Crippen LogP contribution in [-0.4, -0.2) is 29.8 Å². The second-order valence-electron chi connectivity index (χ2n) is 3.03. The highest BCUT2D eigenvalue weighted by Crippen LogP contribution is 2.20. The Balaban J connectivity index is 2.66. The fourth-order valence-corrected chi connectivity index (χ4v) is 1.19. The van der Waals surface area contributed by atoms with Gasteiger partial charge in [-0.3, -0.25) is 0 Å². The second-order valence-corrected chi connectivity index (χ2v) is 3.03. The molecule has 1 fully saturated rings. The third kappa shape index (κ3) is 1.83. The average molecular weight is 156 g/mol. The van der Waals surface area contributed by atoms with Crippen LogP contribution in [0.3, 0.4) is 0 Å². The largest absolute Gasteiger partial charge is 0.390 e. The van der Waals surface area contributed by atoms with Crippen molar-refractivity contribution in [3.8, 4) is 0 Å². The van der Waals surface area contributed by atoms with Crippen molar-refractivity contribution in [3.63, 3.8) is 0 Å². The van der Waals surface area contributed by atoms with Gasteiger partial charge in [0.1, 0.15) is 0 Å². The maximum Gasteiger partial charge on any atom is 0.0783 e. The normalized spacial score (nSPS) is 37.8. The van der Waals surface area contributed by atoms with E-state index in [0.717, 1.165) is 6.54 Å². The quantitative estimate of drug-likeness (QED) is 0.327. The number of rotatable bonds is 1. The molecule has 0 spiro atoms. The summed E-state index contributed by atoms with van der Waals surface area (Å²) < 4.78 is 0. The number of hydrogen-bond acceptors (Lipinski definition) is 3. The lowest BCUT2D eigenvalue weighted by molar-refractivity contribution is 0.0108. The van der Waals surface area contributed by atoms with Gasteiger partial charge in [0, 0.05) is 11.5 Å². The third-order valence-electron chi connectivity index (χ3n) is 2.05. The summed E-state index contributed by atoms with van der Waals surface area (Å²) in [5.74, 6) is 0. The number of aliphatic hydroxyl groups is 1. The predicted molar refractivity (Wildman–Crippen MR) is 41.0 cm³/mol. The molecule has 1 heterocycles. The van der Waals surface area contributed by atoms with Crippen LogP contribution in [0.15, 0.2) is 5.11 Å². The summed E-state index contributed by atoms with van der Waals surface area (Å²) in [6, 6.07) is -0.332. The standard InChI is InChI=1S/C6H12N4O/c1-6(11)2-3-8-4-5(6)9-10-7/h5,8,11H,2-4H2,1H3. The smallest absolute Gasteiger partial charge is 0.0783 e. The SMILES string of the molecule is CC1(O)CCNCC1N=[N+]=[N-]. The van der Waals surface area contributed by atoms with Crippen LogP contribution in [0.1, 0.15) is 13.3 Å². The van der Waals surface area contributed by atoms with Crippen LogP contribution in [0, 0.1) is 0 Å². The van der Waals surface area contributed by atoms with E-state index in [1.54, 1.807) is 6.92 Å². The molecule has 11 heavy (non-hydrogen) atoms. The van der Waals surface area contributed by atoms with E-state index in [0.29, 0.717) is 13.0 Å². The van der Waals surface area contributed by atoms with Crippen LogP contribution in [0.4, 0.5) is 0 Å². The van der Waals surface area contributed by atoms with Crippen molar-refractivity contribution in [3.05, 3.63) is 10.4 Å². The van der Waals surface area contributed by atoms with Crippen LogP contribution in [0.25, 0.3) is 10.4 Å². The van der Waals surface area contributed by atoms with E-state index in [2.05, 4.69) is 15.3 Å². The van der Waals surface area contributed by atoms with Gasteiger partial charge in [-0.15, -0.1) is 0 Å².